The van der Waals surface area contributed by atoms with Crippen LogP contribution in [-0.2, 0) is 0 Å². The number of halogens is 1. The number of rotatable bonds is 3. The van der Waals surface area contributed by atoms with Crippen LogP contribution in [0.1, 0.15) is 25.3 Å². The number of hydrogen-bond donors (Lipinski definition) is 2. The van der Waals surface area contributed by atoms with Crippen LogP contribution < -0.4 is 10.6 Å². The van der Waals surface area contributed by atoms with Crippen molar-refractivity contribution < 1.29 is 0 Å². The maximum atomic E-state index is 3.66. The van der Waals surface area contributed by atoms with Gasteiger partial charge in [0.25, 0.3) is 0 Å². The van der Waals surface area contributed by atoms with Gasteiger partial charge < -0.3 is 10.6 Å². The van der Waals surface area contributed by atoms with E-state index in [0.29, 0.717) is 6.04 Å². The Morgan fingerprint density at radius 1 is 1.35 bits per heavy atom. The molecule has 0 spiro atoms. The minimum atomic E-state index is 0.553. The van der Waals surface area contributed by atoms with Crippen LogP contribution in [0.2, 0.25) is 0 Å². The third-order valence-electron chi connectivity index (χ3n) is 3.66. The molecule has 0 saturated carbocycles. The highest BCUT2D eigenvalue weighted by molar-refractivity contribution is 9.10. The minimum Gasteiger partial charge on any atom is -0.382 e. The molecule has 2 N–H and O–H groups in total. The Labute approximate surface area is 112 Å². The summed E-state index contributed by atoms with van der Waals surface area (Å²) in [4.78, 5) is 0. The summed E-state index contributed by atoms with van der Waals surface area (Å²) in [5.74, 6) is 0.791. The zero-order valence-corrected chi connectivity index (χ0v) is 12.2. The highest BCUT2D eigenvalue weighted by Gasteiger charge is 2.19. The Hall–Kier alpha value is -0.540. The van der Waals surface area contributed by atoms with Gasteiger partial charge in [0, 0.05) is 16.2 Å². The normalized spacial score (nSPS) is 19.0. The molecule has 1 fully saturated rings. The summed E-state index contributed by atoms with van der Waals surface area (Å²) in [7, 11) is 0. The van der Waals surface area contributed by atoms with E-state index in [1.807, 2.05) is 0 Å². The molecule has 0 aromatic heterocycles. The molecule has 0 aliphatic carbocycles. The van der Waals surface area contributed by atoms with Gasteiger partial charge in [-0.2, -0.15) is 0 Å². The second kappa shape index (κ2) is 5.87. The number of aryl methyl sites for hydroxylation is 1. The third kappa shape index (κ3) is 3.46. The monoisotopic (exact) mass is 296 g/mol. The first kappa shape index (κ1) is 12.9. The van der Waals surface area contributed by atoms with Crippen LogP contribution in [-0.4, -0.2) is 19.1 Å². The fraction of sp³-hybridized carbons (Fsp3) is 0.571. The highest BCUT2D eigenvalue weighted by Crippen LogP contribution is 2.24. The van der Waals surface area contributed by atoms with E-state index in [-0.39, 0.29) is 0 Å². The van der Waals surface area contributed by atoms with Gasteiger partial charge >= 0.3 is 0 Å². The predicted octanol–water partition coefficient (Wildman–Crippen LogP) is 3.56. The molecule has 1 aliphatic rings. The largest absolute Gasteiger partial charge is 0.382 e. The lowest BCUT2D eigenvalue weighted by Crippen LogP contribution is -2.36. The molecule has 2 rings (SSSR count). The number of anilines is 1. The number of piperidine rings is 1. The van der Waals surface area contributed by atoms with E-state index in [2.05, 4.69) is 58.6 Å². The summed E-state index contributed by atoms with van der Waals surface area (Å²) in [6, 6.07) is 6.98. The topological polar surface area (TPSA) is 24.1 Å². The first-order valence-electron chi connectivity index (χ1n) is 6.40. The van der Waals surface area contributed by atoms with Gasteiger partial charge in [-0.1, -0.05) is 15.9 Å². The van der Waals surface area contributed by atoms with Crippen molar-refractivity contribution >= 4 is 21.6 Å². The van der Waals surface area contributed by atoms with Crippen molar-refractivity contribution in [3.05, 3.63) is 28.2 Å². The lowest BCUT2D eigenvalue weighted by Gasteiger charge is -2.30. The van der Waals surface area contributed by atoms with Gasteiger partial charge in [0.15, 0.2) is 0 Å². The molecule has 0 radical (unpaired) electrons. The van der Waals surface area contributed by atoms with Crippen LogP contribution in [0.5, 0.6) is 0 Å². The van der Waals surface area contributed by atoms with Crippen LogP contribution in [0, 0.1) is 12.8 Å². The van der Waals surface area contributed by atoms with Gasteiger partial charge in [-0.3, -0.25) is 0 Å². The molecular weight excluding hydrogens is 276 g/mol. The molecule has 17 heavy (non-hydrogen) atoms. The Balaban J connectivity index is 1.99. The van der Waals surface area contributed by atoms with E-state index in [1.54, 1.807) is 0 Å². The molecule has 1 aliphatic heterocycles. The van der Waals surface area contributed by atoms with Crippen molar-refractivity contribution in [2.45, 2.75) is 32.7 Å². The van der Waals surface area contributed by atoms with E-state index in [4.69, 9.17) is 0 Å². The maximum Gasteiger partial charge on any atom is 0.0372 e. The van der Waals surface area contributed by atoms with Gasteiger partial charge in [-0.15, -0.1) is 0 Å². The molecule has 1 atom stereocenters. The summed E-state index contributed by atoms with van der Waals surface area (Å²) in [6.07, 6.45) is 2.56. The van der Waals surface area contributed by atoms with Gasteiger partial charge in [-0.25, -0.2) is 0 Å². The highest BCUT2D eigenvalue weighted by atomic mass is 79.9. The van der Waals surface area contributed by atoms with Gasteiger partial charge in [-0.05, 0) is 69.5 Å². The average Bonchev–Trinajstić information content (AvgIpc) is 2.34. The Morgan fingerprint density at radius 2 is 2.06 bits per heavy atom. The Morgan fingerprint density at radius 3 is 2.71 bits per heavy atom. The van der Waals surface area contributed by atoms with Crippen molar-refractivity contribution in [3.8, 4) is 0 Å². The molecule has 0 amide bonds. The molecule has 1 unspecified atom stereocenters. The second-order valence-electron chi connectivity index (χ2n) is 4.98. The minimum absolute atomic E-state index is 0.553. The molecular formula is C14H21BrN2. The first-order chi connectivity index (χ1) is 8.16. The zero-order chi connectivity index (χ0) is 12.3. The molecule has 94 valence electrons. The summed E-state index contributed by atoms with van der Waals surface area (Å²) < 4.78 is 1.15. The van der Waals surface area contributed by atoms with Crippen molar-refractivity contribution in [1.82, 2.24) is 5.32 Å². The average molecular weight is 297 g/mol. The molecule has 3 heteroatoms. The molecule has 1 aromatic carbocycles. The van der Waals surface area contributed by atoms with Crippen molar-refractivity contribution in [2.24, 2.45) is 5.92 Å². The van der Waals surface area contributed by atoms with E-state index in [1.165, 1.54) is 24.1 Å². The fourth-order valence-corrected chi connectivity index (χ4v) is 2.97. The van der Waals surface area contributed by atoms with Crippen LogP contribution in [0.4, 0.5) is 5.69 Å². The number of hydrogen-bond acceptors (Lipinski definition) is 2. The predicted molar refractivity (Wildman–Crippen MR) is 77.6 cm³/mol. The third-order valence-corrected chi connectivity index (χ3v) is 4.16. The van der Waals surface area contributed by atoms with E-state index >= 15 is 0 Å². The van der Waals surface area contributed by atoms with Crippen LogP contribution in [0.15, 0.2) is 22.7 Å². The van der Waals surface area contributed by atoms with Crippen LogP contribution >= 0.6 is 15.9 Å². The Kier molecular flexibility index (Phi) is 4.46. The fourth-order valence-electron chi connectivity index (χ4n) is 2.50. The van der Waals surface area contributed by atoms with E-state index in [0.717, 1.165) is 23.5 Å². The standard InChI is InChI=1S/C14H21BrN2/c1-10-9-13(15)3-4-14(10)17-11(2)12-5-7-16-8-6-12/h3-4,9,11-12,16-17H,5-8H2,1-2H3. The quantitative estimate of drug-likeness (QED) is 0.891. The first-order valence-corrected chi connectivity index (χ1v) is 7.19. The molecule has 1 saturated heterocycles. The number of benzene rings is 1. The van der Waals surface area contributed by atoms with E-state index in [9.17, 15) is 0 Å². The summed E-state index contributed by atoms with van der Waals surface area (Å²) in [5, 5.41) is 7.08. The van der Waals surface area contributed by atoms with Crippen molar-refractivity contribution in [2.75, 3.05) is 18.4 Å². The summed E-state index contributed by atoms with van der Waals surface area (Å²) in [5.41, 5.74) is 2.57. The van der Waals surface area contributed by atoms with E-state index < -0.39 is 0 Å². The molecule has 1 aromatic rings. The van der Waals surface area contributed by atoms with Crippen molar-refractivity contribution in [1.29, 1.82) is 0 Å². The van der Waals surface area contributed by atoms with Gasteiger partial charge in [0.1, 0.15) is 0 Å². The van der Waals surface area contributed by atoms with Gasteiger partial charge in [0.2, 0.25) is 0 Å². The van der Waals surface area contributed by atoms with Crippen molar-refractivity contribution in [3.63, 3.8) is 0 Å². The second-order valence-corrected chi connectivity index (χ2v) is 5.90. The molecule has 0 bridgehead atoms. The maximum absolute atomic E-state index is 3.66. The smallest absolute Gasteiger partial charge is 0.0372 e. The number of nitrogens with one attached hydrogen (secondary N) is 2. The van der Waals surface area contributed by atoms with Crippen LogP contribution in [0.3, 0.4) is 0 Å². The molecule has 1 heterocycles. The zero-order valence-electron chi connectivity index (χ0n) is 10.6. The van der Waals surface area contributed by atoms with Gasteiger partial charge in [0.05, 0.1) is 0 Å². The summed E-state index contributed by atoms with van der Waals surface area (Å²) >= 11 is 3.50. The van der Waals surface area contributed by atoms with Crippen LogP contribution in [0.25, 0.3) is 0 Å². The lowest BCUT2D eigenvalue weighted by atomic mass is 9.91. The summed E-state index contributed by atoms with van der Waals surface area (Å²) in [6.45, 7) is 6.78. The molecule has 2 nitrogen and oxygen atoms in total. The lowest BCUT2D eigenvalue weighted by molar-refractivity contribution is 0.343. The Bertz CT molecular complexity index is 372. The SMILES string of the molecule is Cc1cc(Br)ccc1NC(C)C1CCNCC1.